The highest BCUT2D eigenvalue weighted by molar-refractivity contribution is 6.00. The summed E-state index contributed by atoms with van der Waals surface area (Å²) in [6.45, 7) is 1.80. The zero-order valence-corrected chi connectivity index (χ0v) is 17.4. The molecule has 1 aromatic carbocycles. The van der Waals surface area contributed by atoms with E-state index in [9.17, 15) is 19.8 Å². The Balaban J connectivity index is 1.71. The third-order valence-electron chi connectivity index (χ3n) is 5.94. The largest absolute Gasteiger partial charge is 0.507 e. The molecule has 1 amide bonds. The van der Waals surface area contributed by atoms with Crippen LogP contribution in [0.15, 0.2) is 36.5 Å². The lowest BCUT2D eigenvalue weighted by atomic mass is 9.97. The van der Waals surface area contributed by atoms with Crippen molar-refractivity contribution in [2.45, 2.75) is 44.1 Å². The average molecular weight is 423 g/mol. The molecule has 0 saturated heterocycles. The molecule has 8 heteroatoms. The smallest absolute Gasteiger partial charge is 0.314 e. The molecular formula is C23H25N3O5. The molecule has 1 heterocycles. The minimum Gasteiger partial charge on any atom is -0.507 e. The molecular weight excluding hydrogens is 398 g/mol. The molecule has 0 unspecified atom stereocenters. The van der Waals surface area contributed by atoms with E-state index >= 15 is 0 Å². The van der Waals surface area contributed by atoms with Gasteiger partial charge >= 0.3 is 5.97 Å². The van der Waals surface area contributed by atoms with Gasteiger partial charge in [-0.2, -0.15) is 0 Å². The minimum absolute atomic E-state index is 0.0807. The monoisotopic (exact) mass is 423 g/mol. The minimum atomic E-state index is -0.886. The van der Waals surface area contributed by atoms with E-state index in [4.69, 9.17) is 10.1 Å². The fourth-order valence-electron chi connectivity index (χ4n) is 3.83. The van der Waals surface area contributed by atoms with Gasteiger partial charge in [0, 0.05) is 17.8 Å². The summed E-state index contributed by atoms with van der Waals surface area (Å²) in [4.78, 5) is 24.1. The van der Waals surface area contributed by atoms with Crippen molar-refractivity contribution in [3.63, 3.8) is 0 Å². The molecule has 0 aliphatic heterocycles. The fraction of sp³-hybridized carbons (Fsp3) is 0.348. The lowest BCUT2D eigenvalue weighted by molar-refractivity contribution is -0.140. The van der Waals surface area contributed by atoms with Gasteiger partial charge in [0.25, 0.3) is 5.91 Å². The molecule has 0 bridgehead atoms. The van der Waals surface area contributed by atoms with E-state index in [1.807, 2.05) is 0 Å². The van der Waals surface area contributed by atoms with Gasteiger partial charge in [-0.25, -0.2) is 0 Å². The SMILES string of the molecule is C/C=C(/c1cc(O)c(C(=O)NC2CC2)c(OC)c1)n1ccc(C2(C(=O)O)CC2)cc1=N. The van der Waals surface area contributed by atoms with Crippen LogP contribution in [0.1, 0.15) is 54.1 Å². The number of hydrogen-bond donors (Lipinski definition) is 4. The van der Waals surface area contributed by atoms with Crippen LogP contribution < -0.4 is 15.5 Å². The maximum absolute atomic E-state index is 12.5. The second-order valence-electron chi connectivity index (χ2n) is 8.05. The predicted molar refractivity (Wildman–Crippen MR) is 113 cm³/mol. The number of aromatic nitrogens is 1. The van der Waals surface area contributed by atoms with Gasteiger partial charge in [-0.1, -0.05) is 6.08 Å². The van der Waals surface area contributed by atoms with E-state index in [2.05, 4.69) is 5.32 Å². The number of carbonyl (C=O) groups excluding carboxylic acids is 1. The zero-order valence-electron chi connectivity index (χ0n) is 17.4. The summed E-state index contributed by atoms with van der Waals surface area (Å²) < 4.78 is 6.98. The van der Waals surface area contributed by atoms with Crippen molar-refractivity contribution in [3.05, 3.63) is 58.7 Å². The van der Waals surface area contributed by atoms with Crippen LogP contribution in [-0.2, 0) is 10.2 Å². The first kappa shape index (κ1) is 20.7. The number of carboxylic acids is 1. The first-order chi connectivity index (χ1) is 14.8. The van der Waals surface area contributed by atoms with Crippen molar-refractivity contribution < 1.29 is 24.5 Å². The summed E-state index contributed by atoms with van der Waals surface area (Å²) in [6.07, 6.45) is 6.43. The Morgan fingerprint density at radius 2 is 2.00 bits per heavy atom. The summed E-state index contributed by atoms with van der Waals surface area (Å²) >= 11 is 0. The summed E-state index contributed by atoms with van der Waals surface area (Å²) in [6, 6.07) is 6.55. The zero-order chi connectivity index (χ0) is 22.3. The maximum Gasteiger partial charge on any atom is 0.314 e. The first-order valence-electron chi connectivity index (χ1n) is 10.2. The van der Waals surface area contributed by atoms with E-state index in [1.165, 1.54) is 13.2 Å². The standard InChI is InChI=1S/C23H25N3O5/c1-3-16(26-9-6-14(12-19(26)24)23(7-8-23)22(29)30)13-10-17(27)20(18(11-13)31-2)21(28)25-15-4-5-15/h3,6,9-12,15,24,27H,4-5,7-8H2,1-2H3,(H,25,28)(H,29,30)/b16-3-,24-19?. The number of rotatable bonds is 7. The van der Waals surface area contributed by atoms with E-state index in [0.29, 0.717) is 29.7 Å². The van der Waals surface area contributed by atoms with Crippen LogP contribution in [0.3, 0.4) is 0 Å². The lowest BCUT2D eigenvalue weighted by Crippen LogP contribution is -2.26. The number of carbonyl (C=O) groups is 2. The number of carboxylic acid groups (broad SMARTS) is 1. The van der Waals surface area contributed by atoms with E-state index in [0.717, 1.165) is 12.8 Å². The normalized spacial score (nSPS) is 17.2. The molecule has 2 aliphatic carbocycles. The number of aromatic hydroxyl groups is 1. The van der Waals surface area contributed by atoms with Gasteiger partial charge in [-0.05, 0) is 62.4 Å². The van der Waals surface area contributed by atoms with Crippen LogP contribution in [0.2, 0.25) is 0 Å². The Hall–Kier alpha value is -3.55. The van der Waals surface area contributed by atoms with Crippen molar-refractivity contribution in [1.82, 2.24) is 9.88 Å². The predicted octanol–water partition coefficient (Wildman–Crippen LogP) is 2.60. The number of allylic oxidation sites excluding steroid dienone is 1. The summed E-state index contributed by atoms with van der Waals surface area (Å²) in [5.74, 6) is -1.23. The molecule has 2 aliphatic rings. The van der Waals surface area contributed by atoms with Gasteiger partial charge in [0.2, 0.25) is 0 Å². The van der Waals surface area contributed by atoms with Crippen LogP contribution in [0, 0.1) is 5.41 Å². The number of pyridine rings is 1. The second-order valence-corrected chi connectivity index (χ2v) is 8.05. The number of phenols is 1. The summed E-state index contributed by atoms with van der Waals surface area (Å²) in [5, 5.41) is 31.4. The molecule has 4 rings (SSSR count). The number of benzene rings is 1. The fourth-order valence-corrected chi connectivity index (χ4v) is 3.83. The average Bonchev–Trinajstić information content (AvgIpc) is 3.64. The molecule has 4 N–H and O–H groups in total. The number of hydrogen-bond acceptors (Lipinski definition) is 5. The molecule has 1 aromatic heterocycles. The van der Waals surface area contributed by atoms with Crippen molar-refractivity contribution in [2.75, 3.05) is 7.11 Å². The van der Waals surface area contributed by atoms with E-state index in [-0.39, 0.29) is 34.5 Å². The molecule has 2 fully saturated rings. The molecule has 31 heavy (non-hydrogen) atoms. The van der Waals surface area contributed by atoms with Crippen LogP contribution >= 0.6 is 0 Å². The first-order valence-corrected chi connectivity index (χ1v) is 10.2. The molecule has 8 nitrogen and oxygen atoms in total. The van der Waals surface area contributed by atoms with Crippen LogP contribution in [0.25, 0.3) is 5.70 Å². The number of aliphatic carboxylic acids is 1. The third kappa shape index (κ3) is 3.69. The summed E-state index contributed by atoms with van der Waals surface area (Å²) in [7, 11) is 1.43. The van der Waals surface area contributed by atoms with Gasteiger partial charge in [0.1, 0.15) is 22.6 Å². The second kappa shape index (κ2) is 7.61. The van der Waals surface area contributed by atoms with Crippen LogP contribution in [0.4, 0.5) is 0 Å². The number of ether oxygens (including phenoxy) is 1. The Morgan fingerprint density at radius 3 is 2.52 bits per heavy atom. The maximum atomic E-state index is 12.5. The van der Waals surface area contributed by atoms with Crippen molar-refractivity contribution in [2.24, 2.45) is 0 Å². The van der Waals surface area contributed by atoms with Crippen LogP contribution in [0.5, 0.6) is 11.5 Å². The van der Waals surface area contributed by atoms with Gasteiger partial charge in [-0.3, -0.25) is 15.0 Å². The highest BCUT2D eigenvalue weighted by atomic mass is 16.5. The Kier molecular flexibility index (Phi) is 5.08. The molecule has 2 saturated carbocycles. The molecule has 0 spiro atoms. The third-order valence-corrected chi connectivity index (χ3v) is 5.94. The highest BCUT2D eigenvalue weighted by Crippen LogP contribution is 2.48. The Bertz CT molecular complexity index is 1160. The number of nitrogens with zero attached hydrogens (tertiary/aromatic N) is 1. The van der Waals surface area contributed by atoms with Crippen molar-refractivity contribution in [3.8, 4) is 11.5 Å². The Labute approximate surface area is 179 Å². The van der Waals surface area contributed by atoms with Crippen LogP contribution in [-0.4, -0.2) is 39.8 Å². The number of methoxy groups -OCH3 is 1. The lowest BCUT2D eigenvalue weighted by Gasteiger charge is -2.18. The van der Waals surface area contributed by atoms with Gasteiger partial charge in [0.15, 0.2) is 0 Å². The molecule has 2 aromatic rings. The topological polar surface area (TPSA) is 125 Å². The van der Waals surface area contributed by atoms with E-state index < -0.39 is 11.4 Å². The number of phenolic OH excluding ortho intramolecular Hbond substituents is 1. The number of amides is 1. The quantitative estimate of drug-likeness (QED) is 0.545. The van der Waals surface area contributed by atoms with Gasteiger partial charge < -0.3 is 24.8 Å². The van der Waals surface area contributed by atoms with E-state index in [1.54, 1.807) is 42.0 Å². The Morgan fingerprint density at radius 1 is 1.29 bits per heavy atom. The van der Waals surface area contributed by atoms with Crippen molar-refractivity contribution in [1.29, 1.82) is 5.41 Å². The highest BCUT2D eigenvalue weighted by Gasteiger charge is 2.51. The summed E-state index contributed by atoms with van der Waals surface area (Å²) in [5.41, 5.74) is 1.08. The molecule has 0 radical (unpaired) electrons. The molecule has 162 valence electrons. The molecule has 0 atom stereocenters. The van der Waals surface area contributed by atoms with Crippen molar-refractivity contribution >= 4 is 17.6 Å². The number of nitrogens with one attached hydrogen (secondary N) is 2. The van der Waals surface area contributed by atoms with Gasteiger partial charge in [0.05, 0.1) is 18.2 Å². The van der Waals surface area contributed by atoms with Gasteiger partial charge in [-0.15, -0.1) is 0 Å².